The van der Waals surface area contributed by atoms with E-state index in [-0.39, 0.29) is 11.5 Å². The summed E-state index contributed by atoms with van der Waals surface area (Å²) in [5.41, 5.74) is 1.64. The van der Waals surface area contributed by atoms with Crippen LogP contribution >= 0.6 is 0 Å². The summed E-state index contributed by atoms with van der Waals surface area (Å²) in [4.78, 5) is 21.8. The molecule has 0 radical (unpaired) electrons. The normalized spacial score (nSPS) is 19.3. The molecule has 1 heterocycles. The zero-order valence-electron chi connectivity index (χ0n) is 16.4. The third-order valence-electron chi connectivity index (χ3n) is 4.70. The minimum absolute atomic E-state index is 0.137. The van der Waals surface area contributed by atoms with Gasteiger partial charge in [0, 0.05) is 17.8 Å². The van der Waals surface area contributed by atoms with Crippen LogP contribution in [0.5, 0.6) is 0 Å². The number of hydrogen-bond acceptors (Lipinski definition) is 3. The number of benzene rings is 2. The first-order valence-electron chi connectivity index (χ1n) is 9.25. The molecule has 0 saturated carbocycles. The average molecular weight is 365 g/mol. The summed E-state index contributed by atoms with van der Waals surface area (Å²) in [6.07, 6.45) is 0.673. The van der Waals surface area contributed by atoms with Crippen LogP contribution < -0.4 is 4.90 Å². The molecule has 1 saturated heterocycles. The highest BCUT2D eigenvalue weighted by Crippen LogP contribution is 2.31. The average Bonchev–Trinajstić information content (AvgIpc) is 2.67. The first-order valence-corrected chi connectivity index (χ1v) is 9.25. The van der Waals surface area contributed by atoms with Crippen LogP contribution in [0.15, 0.2) is 65.7 Å². The number of carbonyl (C=O) groups is 1. The number of hydrogen-bond donors (Lipinski definition) is 0. The number of ether oxygens (including phenoxy) is 1. The lowest BCUT2D eigenvalue weighted by molar-refractivity contribution is -0.142. The van der Waals surface area contributed by atoms with E-state index < -0.39 is 6.04 Å². The van der Waals surface area contributed by atoms with Crippen LogP contribution in [-0.4, -0.2) is 42.1 Å². The molecule has 2 aromatic rings. The first-order chi connectivity index (χ1) is 12.9. The Morgan fingerprint density at radius 2 is 1.63 bits per heavy atom. The van der Waals surface area contributed by atoms with Crippen LogP contribution in [0.2, 0.25) is 0 Å². The molecule has 1 fully saturated rings. The lowest BCUT2D eigenvalue weighted by Gasteiger charge is -2.48. The highest BCUT2D eigenvalue weighted by atomic mass is 16.5. The van der Waals surface area contributed by atoms with Crippen molar-refractivity contribution >= 4 is 23.3 Å². The van der Waals surface area contributed by atoms with E-state index in [9.17, 15) is 4.79 Å². The van der Waals surface area contributed by atoms with E-state index in [1.54, 1.807) is 0 Å². The van der Waals surface area contributed by atoms with Crippen LogP contribution in [0.4, 0.5) is 11.4 Å². The molecule has 0 amide bonds. The van der Waals surface area contributed by atoms with Gasteiger partial charge in [-0.25, -0.2) is 9.79 Å². The fourth-order valence-electron chi connectivity index (χ4n) is 3.36. The number of guanidine groups is 1. The molecule has 27 heavy (non-hydrogen) atoms. The van der Waals surface area contributed by atoms with Gasteiger partial charge in [0.15, 0.2) is 0 Å². The fourth-order valence-corrected chi connectivity index (χ4v) is 3.36. The standard InChI is InChI=1S/C22H27N3O2/c1-22(2,3)24-16-15-19(20(26)27-4)25(18-13-9-6-10-14-18)21(24)23-17-11-7-5-8-12-17/h5-14,19H,15-16H2,1-4H3/t19-/m0/s1. The van der Waals surface area contributed by atoms with Crippen molar-refractivity contribution < 1.29 is 9.53 Å². The number of methoxy groups -OCH3 is 1. The number of aliphatic imine (C=N–C) groups is 1. The molecule has 0 aliphatic carbocycles. The highest BCUT2D eigenvalue weighted by molar-refractivity contribution is 6.03. The van der Waals surface area contributed by atoms with Crippen molar-refractivity contribution in [2.75, 3.05) is 18.6 Å². The fraction of sp³-hybridized carbons (Fsp3) is 0.364. The zero-order chi connectivity index (χ0) is 19.4. The summed E-state index contributed by atoms with van der Waals surface area (Å²) in [5.74, 6) is 0.523. The van der Waals surface area contributed by atoms with E-state index in [1.165, 1.54) is 7.11 Å². The second-order valence-corrected chi connectivity index (χ2v) is 7.60. The van der Waals surface area contributed by atoms with E-state index in [0.717, 1.165) is 23.9 Å². The molecule has 0 unspecified atom stereocenters. The molecule has 1 aliphatic rings. The smallest absolute Gasteiger partial charge is 0.329 e. The summed E-state index contributed by atoms with van der Waals surface area (Å²) >= 11 is 0. The van der Waals surface area contributed by atoms with Crippen molar-refractivity contribution in [3.05, 3.63) is 60.7 Å². The second kappa shape index (κ2) is 7.82. The number of carbonyl (C=O) groups excluding carboxylic acids is 1. The minimum atomic E-state index is -0.404. The largest absolute Gasteiger partial charge is 0.467 e. The number of para-hydroxylation sites is 2. The lowest BCUT2D eigenvalue weighted by atomic mass is 10.0. The van der Waals surface area contributed by atoms with Gasteiger partial charge in [0.2, 0.25) is 5.96 Å². The van der Waals surface area contributed by atoms with Crippen molar-refractivity contribution in [3.63, 3.8) is 0 Å². The Morgan fingerprint density at radius 3 is 2.19 bits per heavy atom. The van der Waals surface area contributed by atoms with Crippen molar-refractivity contribution in [1.82, 2.24) is 4.90 Å². The van der Waals surface area contributed by atoms with E-state index in [4.69, 9.17) is 9.73 Å². The predicted molar refractivity (Wildman–Crippen MR) is 109 cm³/mol. The van der Waals surface area contributed by atoms with Crippen molar-refractivity contribution in [1.29, 1.82) is 0 Å². The first kappa shape index (κ1) is 19.0. The van der Waals surface area contributed by atoms with E-state index in [0.29, 0.717) is 6.42 Å². The van der Waals surface area contributed by atoms with Gasteiger partial charge >= 0.3 is 5.97 Å². The van der Waals surface area contributed by atoms with Crippen molar-refractivity contribution in [3.8, 4) is 0 Å². The molecular weight excluding hydrogens is 338 g/mol. The molecule has 2 aromatic carbocycles. The maximum absolute atomic E-state index is 12.6. The number of rotatable bonds is 3. The maximum Gasteiger partial charge on any atom is 0.329 e. The topological polar surface area (TPSA) is 45.1 Å². The van der Waals surface area contributed by atoms with Crippen molar-refractivity contribution in [2.24, 2.45) is 4.99 Å². The third-order valence-corrected chi connectivity index (χ3v) is 4.70. The molecule has 3 rings (SSSR count). The Kier molecular flexibility index (Phi) is 5.49. The number of esters is 1. The molecule has 1 atom stereocenters. The third kappa shape index (κ3) is 4.13. The Morgan fingerprint density at radius 1 is 1.04 bits per heavy atom. The number of nitrogens with zero attached hydrogens (tertiary/aromatic N) is 3. The van der Waals surface area contributed by atoms with Crippen LogP contribution in [0.1, 0.15) is 27.2 Å². The molecule has 5 nitrogen and oxygen atoms in total. The summed E-state index contributed by atoms with van der Waals surface area (Å²) < 4.78 is 5.11. The molecular formula is C22H27N3O2. The van der Waals surface area contributed by atoms with Crippen LogP contribution in [0.3, 0.4) is 0 Å². The van der Waals surface area contributed by atoms with Crippen LogP contribution in [0.25, 0.3) is 0 Å². The quantitative estimate of drug-likeness (QED) is 0.764. The Balaban J connectivity index is 2.16. The molecule has 0 aromatic heterocycles. The van der Waals surface area contributed by atoms with E-state index in [2.05, 4.69) is 25.7 Å². The van der Waals surface area contributed by atoms with Gasteiger partial charge in [-0.05, 0) is 51.5 Å². The molecule has 1 aliphatic heterocycles. The van der Waals surface area contributed by atoms with Gasteiger partial charge in [0.1, 0.15) is 6.04 Å². The Bertz CT molecular complexity index is 797. The van der Waals surface area contributed by atoms with Gasteiger partial charge in [-0.3, -0.25) is 4.90 Å². The summed E-state index contributed by atoms with van der Waals surface area (Å²) in [6, 6.07) is 19.4. The summed E-state index contributed by atoms with van der Waals surface area (Å²) in [7, 11) is 1.44. The molecule has 0 N–H and O–H groups in total. The monoisotopic (exact) mass is 365 g/mol. The van der Waals surface area contributed by atoms with Gasteiger partial charge in [-0.2, -0.15) is 0 Å². The molecule has 0 bridgehead atoms. The van der Waals surface area contributed by atoms with Crippen molar-refractivity contribution in [2.45, 2.75) is 38.8 Å². The molecule has 5 heteroatoms. The SMILES string of the molecule is COC(=O)[C@@H]1CCN(C(C)(C)C)C(=Nc2ccccc2)N1c1ccccc1. The van der Waals surface area contributed by atoms with Gasteiger partial charge in [-0.1, -0.05) is 36.4 Å². The van der Waals surface area contributed by atoms with Crippen LogP contribution in [-0.2, 0) is 9.53 Å². The Labute approximate surface area is 161 Å². The van der Waals surface area contributed by atoms with E-state index in [1.807, 2.05) is 65.6 Å². The molecule has 142 valence electrons. The minimum Gasteiger partial charge on any atom is -0.467 e. The van der Waals surface area contributed by atoms with Gasteiger partial charge in [0.25, 0.3) is 0 Å². The van der Waals surface area contributed by atoms with Crippen LogP contribution in [0, 0.1) is 0 Å². The highest BCUT2D eigenvalue weighted by Gasteiger charge is 2.41. The molecule has 0 spiro atoms. The zero-order valence-corrected chi connectivity index (χ0v) is 16.4. The summed E-state index contributed by atoms with van der Waals surface area (Å²) in [6.45, 7) is 7.22. The van der Waals surface area contributed by atoms with Gasteiger partial charge in [0.05, 0.1) is 12.8 Å². The van der Waals surface area contributed by atoms with Gasteiger partial charge in [-0.15, -0.1) is 0 Å². The van der Waals surface area contributed by atoms with Gasteiger partial charge < -0.3 is 9.64 Å². The second-order valence-electron chi connectivity index (χ2n) is 7.60. The lowest BCUT2D eigenvalue weighted by Crippen LogP contribution is -2.62. The Hall–Kier alpha value is -2.82. The number of anilines is 1. The summed E-state index contributed by atoms with van der Waals surface area (Å²) in [5, 5.41) is 0. The predicted octanol–water partition coefficient (Wildman–Crippen LogP) is 4.23. The van der Waals surface area contributed by atoms with E-state index >= 15 is 0 Å². The maximum atomic E-state index is 12.6.